The topological polar surface area (TPSA) is 62.3 Å². The van der Waals surface area contributed by atoms with Crippen LogP contribution >= 0.6 is 11.3 Å². The Hall–Kier alpha value is -1.44. The van der Waals surface area contributed by atoms with E-state index in [4.69, 9.17) is 0 Å². The van der Waals surface area contributed by atoms with E-state index in [9.17, 15) is 8.42 Å². The number of benzene rings is 1. The van der Waals surface area contributed by atoms with Gasteiger partial charge in [0.15, 0.2) is 0 Å². The lowest BCUT2D eigenvalue weighted by Gasteiger charge is -2.17. The second-order valence-electron chi connectivity index (χ2n) is 5.36. The van der Waals surface area contributed by atoms with Crippen molar-refractivity contribution >= 4 is 27.0 Å². The molecule has 0 spiro atoms. The number of anilines is 1. The molecule has 0 atom stereocenters. The lowest BCUT2D eigenvalue weighted by Crippen LogP contribution is -2.26. The van der Waals surface area contributed by atoms with Crippen molar-refractivity contribution in [2.45, 2.75) is 25.2 Å². The van der Waals surface area contributed by atoms with E-state index in [1.807, 2.05) is 38.9 Å². The minimum Gasteiger partial charge on any atom is -0.377 e. The maximum absolute atomic E-state index is 12.4. The number of sulfonamides is 1. The van der Waals surface area contributed by atoms with Crippen molar-refractivity contribution in [2.24, 2.45) is 0 Å². The summed E-state index contributed by atoms with van der Waals surface area (Å²) in [4.78, 5) is 7.56. The summed E-state index contributed by atoms with van der Waals surface area (Å²) in [5.74, 6) is 0. The third-order valence-corrected chi connectivity index (χ3v) is 5.70. The van der Waals surface area contributed by atoms with E-state index in [0.717, 1.165) is 21.1 Å². The monoisotopic (exact) mass is 339 g/mol. The van der Waals surface area contributed by atoms with Gasteiger partial charge in [-0.3, -0.25) is 0 Å². The number of nitrogens with one attached hydrogen (secondary N) is 1. The zero-order valence-electron chi connectivity index (χ0n) is 13.3. The van der Waals surface area contributed by atoms with Crippen LogP contribution in [0.4, 0.5) is 5.69 Å². The third-order valence-electron chi connectivity index (χ3n) is 3.27. The van der Waals surface area contributed by atoms with E-state index in [2.05, 4.69) is 9.71 Å². The van der Waals surface area contributed by atoms with Gasteiger partial charge in [-0.1, -0.05) is 6.07 Å². The molecule has 0 aliphatic rings. The van der Waals surface area contributed by atoms with Crippen LogP contribution in [-0.2, 0) is 16.4 Å². The molecule has 1 N–H and O–H groups in total. The Morgan fingerprint density at radius 1 is 1.27 bits per heavy atom. The van der Waals surface area contributed by atoms with Crippen molar-refractivity contribution in [3.63, 3.8) is 0 Å². The molecule has 0 aliphatic heterocycles. The molecule has 0 saturated carbocycles. The molecule has 0 radical (unpaired) electrons. The van der Waals surface area contributed by atoms with Gasteiger partial charge in [-0.2, -0.15) is 0 Å². The Morgan fingerprint density at radius 3 is 2.59 bits per heavy atom. The Morgan fingerprint density at radius 2 is 2.00 bits per heavy atom. The highest BCUT2D eigenvalue weighted by atomic mass is 32.2. The molecule has 1 aromatic carbocycles. The van der Waals surface area contributed by atoms with Crippen molar-refractivity contribution in [3.05, 3.63) is 39.8 Å². The predicted octanol–water partition coefficient (Wildman–Crippen LogP) is 2.35. The fourth-order valence-electron chi connectivity index (χ4n) is 2.13. The molecule has 0 fully saturated rings. The van der Waals surface area contributed by atoms with E-state index in [1.165, 1.54) is 0 Å². The number of rotatable bonds is 6. The molecule has 0 unspecified atom stereocenters. The summed E-state index contributed by atoms with van der Waals surface area (Å²) in [6, 6.07) is 5.16. The fraction of sp³-hybridized carbons (Fsp3) is 0.400. The molecule has 1 heterocycles. The highest BCUT2D eigenvalue weighted by Crippen LogP contribution is 2.22. The SMILES string of the molecule is Cc1cnc(CCNS(=O)(=O)c2ccc(C)c(N(C)C)c2)s1. The molecule has 1 aromatic heterocycles. The fourth-order valence-corrected chi connectivity index (χ4v) is 3.97. The third kappa shape index (κ3) is 4.06. The van der Waals surface area contributed by atoms with Crippen molar-refractivity contribution in [3.8, 4) is 0 Å². The Balaban J connectivity index is 2.08. The Labute approximate surface area is 136 Å². The first kappa shape index (κ1) is 16.9. The lowest BCUT2D eigenvalue weighted by molar-refractivity contribution is 0.581. The number of nitrogens with zero attached hydrogens (tertiary/aromatic N) is 2. The van der Waals surface area contributed by atoms with E-state index in [-0.39, 0.29) is 4.90 Å². The van der Waals surface area contributed by atoms with Crippen LogP contribution in [0, 0.1) is 13.8 Å². The van der Waals surface area contributed by atoms with Gasteiger partial charge in [0.25, 0.3) is 0 Å². The van der Waals surface area contributed by atoms with Crippen LogP contribution in [0.5, 0.6) is 0 Å². The van der Waals surface area contributed by atoms with Gasteiger partial charge in [-0.15, -0.1) is 11.3 Å². The molecular formula is C15H21N3O2S2. The van der Waals surface area contributed by atoms with Crippen LogP contribution in [-0.4, -0.2) is 34.0 Å². The minimum absolute atomic E-state index is 0.289. The smallest absolute Gasteiger partial charge is 0.240 e. The van der Waals surface area contributed by atoms with Crippen LogP contribution in [0.1, 0.15) is 15.4 Å². The highest BCUT2D eigenvalue weighted by Gasteiger charge is 2.15. The number of thiazole rings is 1. The van der Waals surface area contributed by atoms with Crippen molar-refractivity contribution < 1.29 is 8.42 Å². The molecule has 2 aromatic rings. The molecule has 0 saturated heterocycles. The van der Waals surface area contributed by atoms with Gasteiger partial charge in [-0.25, -0.2) is 18.1 Å². The molecule has 22 heavy (non-hydrogen) atoms. The summed E-state index contributed by atoms with van der Waals surface area (Å²) in [5.41, 5.74) is 1.95. The van der Waals surface area contributed by atoms with Gasteiger partial charge in [0.2, 0.25) is 10.0 Å². The first-order chi connectivity index (χ1) is 10.3. The maximum atomic E-state index is 12.4. The zero-order chi connectivity index (χ0) is 16.3. The van der Waals surface area contributed by atoms with Gasteiger partial charge in [0.1, 0.15) is 0 Å². The molecule has 5 nitrogen and oxygen atoms in total. The van der Waals surface area contributed by atoms with Gasteiger partial charge >= 0.3 is 0 Å². The van der Waals surface area contributed by atoms with Gasteiger partial charge in [0, 0.05) is 43.8 Å². The zero-order valence-corrected chi connectivity index (χ0v) is 14.9. The van der Waals surface area contributed by atoms with E-state index < -0.39 is 10.0 Å². The molecular weight excluding hydrogens is 318 g/mol. The highest BCUT2D eigenvalue weighted by molar-refractivity contribution is 7.89. The second-order valence-corrected chi connectivity index (χ2v) is 8.44. The van der Waals surface area contributed by atoms with Crippen LogP contribution < -0.4 is 9.62 Å². The first-order valence-electron chi connectivity index (χ1n) is 6.98. The van der Waals surface area contributed by atoms with E-state index >= 15 is 0 Å². The lowest BCUT2D eigenvalue weighted by atomic mass is 10.2. The van der Waals surface area contributed by atoms with E-state index in [0.29, 0.717) is 13.0 Å². The average molecular weight is 339 g/mol. The van der Waals surface area contributed by atoms with E-state index in [1.54, 1.807) is 29.7 Å². The summed E-state index contributed by atoms with van der Waals surface area (Å²) in [6.07, 6.45) is 2.40. The standard InChI is InChI=1S/C15H21N3O2S2/c1-11-5-6-13(9-14(11)18(3)4)22(19,20)17-8-7-15-16-10-12(2)21-15/h5-6,9-10,17H,7-8H2,1-4H3. The van der Waals surface area contributed by atoms with Crippen LogP contribution in [0.2, 0.25) is 0 Å². The summed E-state index contributed by atoms with van der Waals surface area (Å²) in [5, 5.41) is 0.943. The summed E-state index contributed by atoms with van der Waals surface area (Å²) < 4.78 is 27.4. The number of aromatic nitrogens is 1. The molecule has 2 rings (SSSR count). The summed E-state index contributed by atoms with van der Waals surface area (Å²) in [6.45, 7) is 4.30. The van der Waals surface area contributed by atoms with Crippen molar-refractivity contribution in [1.29, 1.82) is 0 Å². The second kappa shape index (κ2) is 6.76. The van der Waals surface area contributed by atoms with Crippen LogP contribution in [0.25, 0.3) is 0 Å². The summed E-state index contributed by atoms with van der Waals surface area (Å²) in [7, 11) is 0.303. The largest absolute Gasteiger partial charge is 0.377 e. The molecule has 7 heteroatoms. The molecule has 0 aliphatic carbocycles. The number of aryl methyl sites for hydroxylation is 2. The van der Waals surface area contributed by atoms with Gasteiger partial charge in [-0.05, 0) is 31.5 Å². The first-order valence-corrected chi connectivity index (χ1v) is 9.28. The number of hydrogen-bond donors (Lipinski definition) is 1. The van der Waals surface area contributed by atoms with Gasteiger partial charge < -0.3 is 4.90 Å². The predicted molar refractivity (Wildman–Crippen MR) is 91.2 cm³/mol. The average Bonchev–Trinajstić information content (AvgIpc) is 2.84. The number of hydrogen-bond acceptors (Lipinski definition) is 5. The molecule has 120 valence electrons. The van der Waals surface area contributed by atoms with Crippen LogP contribution in [0.15, 0.2) is 29.3 Å². The Bertz CT molecular complexity index is 752. The summed E-state index contributed by atoms with van der Waals surface area (Å²) >= 11 is 1.59. The minimum atomic E-state index is -3.50. The maximum Gasteiger partial charge on any atom is 0.240 e. The Kier molecular flexibility index (Phi) is 5.20. The molecule has 0 amide bonds. The van der Waals surface area contributed by atoms with Gasteiger partial charge in [0.05, 0.1) is 9.90 Å². The van der Waals surface area contributed by atoms with Crippen molar-refractivity contribution in [1.82, 2.24) is 9.71 Å². The normalized spacial score (nSPS) is 11.6. The van der Waals surface area contributed by atoms with Crippen molar-refractivity contribution in [2.75, 3.05) is 25.5 Å². The molecule has 0 bridgehead atoms. The quantitative estimate of drug-likeness (QED) is 0.877. The van der Waals surface area contributed by atoms with Crippen LogP contribution in [0.3, 0.4) is 0 Å².